The van der Waals surface area contributed by atoms with Gasteiger partial charge in [-0.3, -0.25) is 0 Å². The minimum absolute atomic E-state index is 0.206. The smallest absolute Gasteiger partial charge is 0.0532 e. The molecule has 3 aliphatic rings. The number of rotatable bonds is 0. The summed E-state index contributed by atoms with van der Waals surface area (Å²) >= 11 is 0. The zero-order chi connectivity index (χ0) is 19.4. The van der Waals surface area contributed by atoms with Crippen molar-refractivity contribution < 1.29 is 0 Å². The van der Waals surface area contributed by atoms with Crippen molar-refractivity contribution in [3.05, 3.63) is 81.9 Å². The van der Waals surface area contributed by atoms with Crippen molar-refractivity contribution in [3.63, 3.8) is 0 Å². The molecule has 0 unspecified atom stereocenters. The quantitative estimate of drug-likeness (QED) is 0.424. The summed E-state index contributed by atoms with van der Waals surface area (Å²) in [5.41, 5.74) is 15.1. The molecule has 6 rings (SSSR count). The van der Waals surface area contributed by atoms with Gasteiger partial charge in [-0.25, -0.2) is 0 Å². The van der Waals surface area contributed by atoms with E-state index in [2.05, 4.69) is 88.0 Å². The number of para-hydroxylation sites is 1. The topological polar surface area (TPSA) is 3.24 Å². The van der Waals surface area contributed by atoms with E-state index in [9.17, 15) is 0 Å². The number of benzene rings is 3. The van der Waals surface area contributed by atoms with Crippen LogP contribution in [0.1, 0.15) is 61.1 Å². The Labute approximate surface area is 168 Å². The SMILES string of the molecule is Cc1ccc2c(c1)CN1c3ccccc3Cc3c1c-2cc1c3C(C)(C)C1(C)C. The monoisotopic (exact) mass is 365 g/mol. The summed E-state index contributed by atoms with van der Waals surface area (Å²) in [4.78, 5) is 2.59. The molecule has 140 valence electrons. The lowest BCUT2D eigenvalue weighted by atomic mass is 9.47. The van der Waals surface area contributed by atoms with E-state index in [1.165, 1.54) is 39.2 Å². The van der Waals surface area contributed by atoms with Crippen molar-refractivity contribution >= 4 is 11.4 Å². The molecule has 3 aromatic carbocycles. The Kier molecular flexibility index (Phi) is 2.87. The minimum atomic E-state index is 0.206. The third-order valence-corrected chi connectivity index (χ3v) is 8.06. The second kappa shape index (κ2) is 4.89. The van der Waals surface area contributed by atoms with Gasteiger partial charge in [-0.1, -0.05) is 69.7 Å². The number of hydrogen-bond acceptors (Lipinski definition) is 1. The van der Waals surface area contributed by atoms with Gasteiger partial charge in [0.1, 0.15) is 0 Å². The van der Waals surface area contributed by atoms with Crippen molar-refractivity contribution in [2.45, 2.75) is 58.4 Å². The van der Waals surface area contributed by atoms with Crippen LogP contribution in [0.4, 0.5) is 11.4 Å². The molecule has 2 aliphatic heterocycles. The molecule has 1 nitrogen and oxygen atoms in total. The maximum Gasteiger partial charge on any atom is 0.0532 e. The first-order valence-electron chi connectivity index (χ1n) is 10.5. The lowest BCUT2D eigenvalue weighted by molar-refractivity contribution is 0.240. The number of nitrogens with zero attached hydrogens (tertiary/aromatic N) is 1. The molecular weight excluding hydrogens is 338 g/mol. The third kappa shape index (κ3) is 1.74. The van der Waals surface area contributed by atoms with Crippen LogP contribution >= 0.6 is 0 Å². The van der Waals surface area contributed by atoms with E-state index in [4.69, 9.17) is 0 Å². The zero-order valence-corrected chi connectivity index (χ0v) is 17.5. The van der Waals surface area contributed by atoms with Crippen LogP contribution in [0.5, 0.6) is 0 Å². The fourth-order valence-electron chi connectivity index (χ4n) is 5.89. The van der Waals surface area contributed by atoms with Gasteiger partial charge in [0.05, 0.1) is 5.69 Å². The van der Waals surface area contributed by atoms with Gasteiger partial charge in [-0.15, -0.1) is 0 Å². The predicted molar refractivity (Wildman–Crippen MR) is 118 cm³/mol. The first-order valence-corrected chi connectivity index (χ1v) is 10.5. The van der Waals surface area contributed by atoms with Crippen LogP contribution in [0, 0.1) is 6.92 Å². The van der Waals surface area contributed by atoms with Gasteiger partial charge in [0.15, 0.2) is 0 Å². The van der Waals surface area contributed by atoms with Crippen molar-refractivity contribution in [1.82, 2.24) is 0 Å². The molecule has 28 heavy (non-hydrogen) atoms. The van der Waals surface area contributed by atoms with Gasteiger partial charge in [-0.2, -0.15) is 0 Å². The van der Waals surface area contributed by atoms with Crippen LogP contribution in [0.2, 0.25) is 0 Å². The summed E-state index contributed by atoms with van der Waals surface area (Å²) in [5, 5.41) is 0. The molecule has 1 heteroatoms. The molecule has 0 aromatic heterocycles. The van der Waals surface area contributed by atoms with Gasteiger partial charge in [0, 0.05) is 24.2 Å². The average Bonchev–Trinajstić information content (AvgIpc) is 2.67. The van der Waals surface area contributed by atoms with Crippen LogP contribution in [0.25, 0.3) is 11.1 Å². The molecular formula is C27H27N. The molecule has 0 saturated heterocycles. The molecule has 0 atom stereocenters. The summed E-state index contributed by atoms with van der Waals surface area (Å²) in [6, 6.07) is 18.5. The van der Waals surface area contributed by atoms with Gasteiger partial charge >= 0.3 is 0 Å². The van der Waals surface area contributed by atoms with Gasteiger partial charge < -0.3 is 4.90 Å². The Balaban J connectivity index is 1.73. The van der Waals surface area contributed by atoms with Gasteiger partial charge in [0.25, 0.3) is 0 Å². The number of hydrogen-bond donors (Lipinski definition) is 0. The van der Waals surface area contributed by atoms with Crippen LogP contribution < -0.4 is 4.90 Å². The summed E-state index contributed by atoms with van der Waals surface area (Å²) in [6.45, 7) is 12.9. The highest BCUT2D eigenvalue weighted by atomic mass is 15.2. The standard InChI is InChI=1S/C27H27N/c1-16-10-11-19-18(12-16)15-28-23-9-7-6-8-17(23)13-21-24-22(14-20(19)25(21)28)26(2,3)27(24,4)5/h6-12,14H,13,15H2,1-5H3. The Morgan fingerprint density at radius 3 is 2.43 bits per heavy atom. The molecule has 0 saturated carbocycles. The number of anilines is 2. The van der Waals surface area contributed by atoms with E-state index < -0.39 is 0 Å². The minimum Gasteiger partial charge on any atom is -0.336 e. The van der Waals surface area contributed by atoms with Crippen molar-refractivity contribution in [1.29, 1.82) is 0 Å². The molecule has 1 aliphatic carbocycles. The van der Waals surface area contributed by atoms with E-state index in [-0.39, 0.29) is 10.8 Å². The van der Waals surface area contributed by atoms with Crippen molar-refractivity contribution in [2.75, 3.05) is 4.90 Å². The Bertz CT molecular complexity index is 1180. The normalized spacial score (nSPS) is 19.1. The van der Waals surface area contributed by atoms with E-state index in [0.717, 1.165) is 13.0 Å². The third-order valence-electron chi connectivity index (χ3n) is 8.06. The van der Waals surface area contributed by atoms with E-state index >= 15 is 0 Å². The Morgan fingerprint density at radius 2 is 1.61 bits per heavy atom. The lowest BCUT2D eigenvalue weighted by Gasteiger charge is -2.57. The first kappa shape index (κ1) is 16.4. The van der Waals surface area contributed by atoms with Crippen molar-refractivity contribution in [3.8, 4) is 11.1 Å². The molecule has 0 N–H and O–H groups in total. The molecule has 0 amide bonds. The average molecular weight is 366 g/mol. The summed E-state index contributed by atoms with van der Waals surface area (Å²) in [6.07, 6.45) is 1.05. The summed E-state index contributed by atoms with van der Waals surface area (Å²) in [5.74, 6) is 0. The predicted octanol–water partition coefficient (Wildman–Crippen LogP) is 6.79. The Morgan fingerprint density at radius 1 is 0.821 bits per heavy atom. The second-order valence-electron chi connectivity index (χ2n) is 9.98. The molecule has 2 heterocycles. The highest BCUT2D eigenvalue weighted by Crippen LogP contribution is 2.62. The molecule has 3 aromatic rings. The summed E-state index contributed by atoms with van der Waals surface area (Å²) < 4.78 is 0. The summed E-state index contributed by atoms with van der Waals surface area (Å²) in [7, 11) is 0. The highest BCUT2D eigenvalue weighted by molar-refractivity contribution is 5.94. The maximum atomic E-state index is 2.59. The molecule has 0 bridgehead atoms. The number of aryl methyl sites for hydroxylation is 1. The molecule has 0 spiro atoms. The largest absolute Gasteiger partial charge is 0.336 e. The molecule has 0 fully saturated rings. The second-order valence-corrected chi connectivity index (χ2v) is 9.98. The van der Waals surface area contributed by atoms with E-state index in [1.807, 2.05) is 0 Å². The van der Waals surface area contributed by atoms with Crippen LogP contribution in [-0.2, 0) is 23.8 Å². The van der Waals surface area contributed by atoms with Gasteiger partial charge in [-0.05, 0) is 63.3 Å². The van der Waals surface area contributed by atoms with E-state index in [0.29, 0.717) is 0 Å². The zero-order valence-electron chi connectivity index (χ0n) is 17.5. The van der Waals surface area contributed by atoms with E-state index in [1.54, 1.807) is 16.7 Å². The highest BCUT2D eigenvalue weighted by Gasteiger charge is 2.54. The maximum absolute atomic E-state index is 2.59. The fourth-order valence-corrected chi connectivity index (χ4v) is 5.89. The fraction of sp³-hybridized carbons (Fsp3) is 0.333. The van der Waals surface area contributed by atoms with Gasteiger partial charge in [0.2, 0.25) is 0 Å². The van der Waals surface area contributed by atoms with Crippen LogP contribution in [0.15, 0.2) is 48.5 Å². The molecule has 0 radical (unpaired) electrons. The van der Waals surface area contributed by atoms with Crippen LogP contribution in [-0.4, -0.2) is 0 Å². The number of fused-ring (bicyclic) bond motifs is 6. The van der Waals surface area contributed by atoms with Crippen molar-refractivity contribution in [2.24, 2.45) is 0 Å². The van der Waals surface area contributed by atoms with Crippen LogP contribution in [0.3, 0.4) is 0 Å². The first-order chi connectivity index (χ1) is 13.3. The Hall–Kier alpha value is -2.54. The lowest BCUT2D eigenvalue weighted by Crippen LogP contribution is -2.52.